The van der Waals surface area contributed by atoms with E-state index in [4.69, 9.17) is 5.11 Å². The Hall–Kier alpha value is -2.65. The van der Waals surface area contributed by atoms with Gasteiger partial charge in [-0.2, -0.15) is 0 Å². The van der Waals surface area contributed by atoms with E-state index >= 15 is 0 Å². The second-order valence-electron chi connectivity index (χ2n) is 6.61. The van der Waals surface area contributed by atoms with Crippen molar-refractivity contribution in [1.29, 1.82) is 0 Å². The number of aryl methyl sites for hydroxylation is 1. The zero-order valence-corrected chi connectivity index (χ0v) is 16.1. The van der Waals surface area contributed by atoms with Crippen LogP contribution in [0.2, 0.25) is 0 Å². The smallest absolute Gasteiger partial charge is 0.305 e. The Morgan fingerprint density at radius 1 is 1.11 bits per heavy atom. The molecule has 3 rings (SSSR count). The quantitative estimate of drug-likeness (QED) is 0.777. The van der Waals surface area contributed by atoms with Crippen molar-refractivity contribution in [3.8, 4) is 0 Å². The van der Waals surface area contributed by atoms with Gasteiger partial charge in [0.25, 0.3) is 0 Å². The topological polar surface area (TPSA) is 46.5 Å². The predicted octanol–water partition coefficient (Wildman–Crippen LogP) is 4.77. The normalized spacial score (nSPS) is 15.4. The third-order valence-corrected chi connectivity index (χ3v) is 4.50. The van der Waals surface area contributed by atoms with E-state index in [-0.39, 0.29) is 12.1 Å². The summed E-state index contributed by atoms with van der Waals surface area (Å²) in [5.74, 6) is -0.194. The van der Waals surface area contributed by atoms with Gasteiger partial charge in [0.2, 0.25) is 0 Å². The van der Waals surface area contributed by atoms with Crippen molar-refractivity contribution < 1.29 is 14.6 Å². The van der Waals surface area contributed by atoms with E-state index in [0.29, 0.717) is 19.3 Å². The number of hydrogen-bond donors (Lipinski definition) is 1. The number of aliphatic hydroxyl groups excluding tert-OH is 1. The number of aliphatic hydroxyl groups is 1. The van der Waals surface area contributed by atoms with Crippen molar-refractivity contribution in [2.45, 2.75) is 38.7 Å². The van der Waals surface area contributed by atoms with E-state index < -0.39 is 0 Å². The van der Waals surface area contributed by atoms with Gasteiger partial charge in [-0.05, 0) is 42.9 Å². The number of allylic oxidation sites excluding steroid dienone is 2. The van der Waals surface area contributed by atoms with Crippen LogP contribution >= 0.6 is 0 Å². The summed E-state index contributed by atoms with van der Waals surface area (Å²) in [5, 5.41) is 9.13. The molecule has 0 spiro atoms. The average Bonchev–Trinajstić information content (AvgIpc) is 2.70. The zero-order valence-electron chi connectivity index (χ0n) is 16.1. The van der Waals surface area contributed by atoms with Crippen molar-refractivity contribution in [2.24, 2.45) is 0 Å². The molecule has 2 aromatic carbocycles. The first-order chi connectivity index (χ1) is 13.1. The minimum absolute atomic E-state index is 0.194. The molecule has 3 heteroatoms. The monoisotopic (exact) mass is 364 g/mol. The summed E-state index contributed by atoms with van der Waals surface area (Å²) in [6.07, 6.45) is 7.97. The molecule has 0 heterocycles. The third-order valence-electron chi connectivity index (χ3n) is 4.50. The van der Waals surface area contributed by atoms with E-state index in [1.165, 1.54) is 23.8 Å². The molecule has 0 fully saturated rings. The third kappa shape index (κ3) is 7.63. The Morgan fingerprint density at radius 2 is 1.81 bits per heavy atom. The largest absolute Gasteiger partial charge is 0.469 e. The highest BCUT2D eigenvalue weighted by molar-refractivity contribution is 5.69. The summed E-state index contributed by atoms with van der Waals surface area (Å²) in [6, 6.07) is 19.1. The predicted molar refractivity (Wildman–Crippen MR) is 110 cm³/mol. The fourth-order valence-corrected chi connectivity index (χ4v) is 2.81. The van der Waals surface area contributed by atoms with E-state index in [1.54, 1.807) is 6.08 Å². The summed E-state index contributed by atoms with van der Waals surface area (Å²) >= 11 is 0. The maximum atomic E-state index is 10.8. The van der Waals surface area contributed by atoms with Crippen LogP contribution < -0.4 is 0 Å². The highest BCUT2D eigenvalue weighted by Crippen LogP contribution is 2.15. The molecule has 1 atom stereocenters. The molecule has 1 aliphatic carbocycles. The van der Waals surface area contributed by atoms with Crippen molar-refractivity contribution >= 4 is 5.97 Å². The molecule has 0 bridgehead atoms. The first kappa shape index (κ1) is 20.7. The SMILES string of the molecule is COC(=O)CCC1=CCC(O)C=C1.Cc1ccccc1Cc1ccccc1. The zero-order chi connectivity index (χ0) is 19.5. The van der Waals surface area contributed by atoms with Gasteiger partial charge in [0.1, 0.15) is 0 Å². The molecule has 0 radical (unpaired) electrons. The minimum Gasteiger partial charge on any atom is -0.469 e. The van der Waals surface area contributed by atoms with Crippen molar-refractivity contribution in [3.63, 3.8) is 0 Å². The van der Waals surface area contributed by atoms with E-state index in [2.05, 4.69) is 66.3 Å². The van der Waals surface area contributed by atoms with Gasteiger partial charge in [-0.15, -0.1) is 0 Å². The van der Waals surface area contributed by atoms with Crippen LogP contribution in [0.5, 0.6) is 0 Å². The second-order valence-corrected chi connectivity index (χ2v) is 6.61. The molecular formula is C24H28O3. The second kappa shape index (κ2) is 11.1. The maximum Gasteiger partial charge on any atom is 0.305 e. The highest BCUT2D eigenvalue weighted by atomic mass is 16.5. The van der Waals surface area contributed by atoms with E-state index in [0.717, 1.165) is 12.0 Å². The van der Waals surface area contributed by atoms with Crippen molar-refractivity contribution in [2.75, 3.05) is 7.11 Å². The van der Waals surface area contributed by atoms with Gasteiger partial charge in [0.15, 0.2) is 0 Å². The number of esters is 1. The van der Waals surface area contributed by atoms with E-state index in [9.17, 15) is 4.79 Å². The Balaban J connectivity index is 0.000000194. The van der Waals surface area contributed by atoms with Crippen molar-refractivity contribution in [1.82, 2.24) is 0 Å². The van der Waals surface area contributed by atoms with Gasteiger partial charge in [-0.1, -0.05) is 78.4 Å². The summed E-state index contributed by atoms with van der Waals surface area (Å²) in [5.41, 5.74) is 5.26. The Bertz CT molecular complexity index is 775. The molecule has 1 aliphatic rings. The summed E-state index contributed by atoms with van der Waals surface area (Å²) in [6.45, 7) is 2.16. The molecule has 0 amide bonds. The number of hydrogen-bond acceptors (Lipinski definition) is 3. The lowest BCUT2D eigenvalue weighted by Gasteiger charge is -2.10. The molecule has 3 nitrogen and oxygen atoms in total. The number of methoxy groups -OCH3 is 1. The lowest BCUT2D eigenvalue weighted by molar-refractivity contribution is -0.140. The van der Waals surface area contributed by atoms with Crippen LogP contribution in [0.3, 0.4) is 0 Å². The number of benzene rings is 2. The number of carbonyl (C=O) groups excluding carboxylic acids is 1. The molecule has 27 heavy (non-hydrogen) atoms. The molecule has 0 saturated carbocycles. The van der Waals surface area contributed by atoms with Gasteiger partial charge in [0, 0.05) is 6.42 Å². The molecule has 0 aliphatic heterocycles. The Morgan fingerprint density at radius 3 is 2.44 bits per heavy atom. The molecule has 2 aromatic rings. The molecule has 1 N–H and O–H groups in total. The number of rotatable bonds is 5. The van der Waals surface area contributed by atoms with Crippen LogP contribution in [-0.4, -0.2) is 24.3 Å². The lowest BCUT2D eigenvalue weighted by atomic mass is 10.0. The Kier molecular flexibility index (Phi) is 8.53. The minimum atomic E-state index is -0.359. The number of carbonyl (C=O) groups is 1. The van der Waals surface area contributed by atoms with Gasteiger partial charge in [-0.3, -0.25) is 4.79 Å². The fourth-order valence-electron chi connectivity index (χ4n) is 2.81. The van der Waals surface area contributed by atoms with Crippen LogP contribution in [0, 0.1) is 6.92 Å². The lowest BCUT2D eigenvalue weighted by Crippen LogP contribution is -2.05. The Labute approximate surface area is 162 Å². The summed E-state index contributed by atoms with van der Waals surface area (Å²) in [4.78, 5) is 10.8. The van der Waals surface area contributed by atoms with Crippen LogP contribution in [-0.2, 0) is 16.0 Å². The van der Waals surface area contributed by atoms with Crippen LogP contribution in [0.1, 0.15) is 36.0 Å². The molecule has 1 unspecified atom stereocenters. The first-order valence-electron chi connectivity index (χ1n) is 9.29. The molecule has 142 valence electrons. The van der Waals surface area contributed by atoms with Crippen LogP contribution in [0.15, 0.2) is 78.4 Å². The summed E-state index contributed by atoms with van der Waals surface area (Å²) < 4.78 is 4.52. The highest BCUT2D eigenvalue weighted by Gasteiger charge is 2.06. The standard InChI is InChI=1S/C14H14.C10H14O3/c1-12-7-5-6-10-14(12)11-13-8-3-2-4-9-13;1-13-10(12)7-4-8-2-5-9(11)6-3-8/h2-10H,11H2,1H3;2-3,5,9,11H,4,6-7H2,1H3. The van der Waals surface area contributed by atoms with E-state index in [1.807, 2.05) is 12.2 Å². The fraction of sp³-hybridized carbons (Fsp3) is 0.292. The maximum absolute atomic E-state index is 10.8. The number of ether oxygens (including phenoxy) is 1. The van der Waals surface area contributed by atoms with Crippen molar-refractivity contribution in [3.05, 3.63) is 95.1 Å². The van der Waals surface area contributed by atoms with Gasteiger partial charge < -0.3 is 9.84 Å². The summed E-state index contributed by atoms with van der Waals surface area (Å²) in [7, 11) is 1.39. The molecule has 0 aromatic heterocycles. The van der Waals surface area contributed by atoms with Gasteiger partial charge >= 0.3 is 5.97 Å². The van der Waals surface area contributed by atoms with Gasteiger partial charge in [-0.25, -0.2) is 0 Å². The first-order valence-corrected chi connectivity index (χ1v) is 9.29. The van der Waals surface area contributed by atoms with Crippen LogP contribution in [0.4, 0.5) is 0 Å². The van der Waals surface area contributed by atoms with Gasteiger partial charge in [0.05, 0.1) is 13.2 Å². The molecule has 0 saturated heterocycles. The van der Waals surface area contributed by atoms with Crippen LogP contribution in [0.25, 0.3) is 0 Å². The average molecular weight is 364 g/mol. The molecular weight excluding hydrogens is 336 g/mol.